The average molecular weight is 245 g/mol. The first-order valence-corrected chi connectivity index (χ1v) is 6.44. The zero-order chi connectivity index (χ0) is 13.5. The molecule has 0 aliphatic heterocycles. The fraction of sp³-hybridized carbons (Fsp3) is 0.923. The maximum absolute atomic E-state index is 11.5. The van der Waals surface area contributed by atoms with Gasteiger partial charge in [0.05, 0.1) is 12.2 Å². The normalized spacial score (nSPS) is 16.6. The maximum atomic E-state index is 11.5. The van der Waals surface area contributed by atoms with E-state index >= 15 is 0 Å². The minimum absolute atomic E-state index is 0.240. The van der Waals surface area contributed by atoms with Crippen molar-refractivity contribution in [3.63, 3.8) is 0 Å². The van der Waals surface area contributed by atoms with Crippen molar-refractivity contribution in [2.45, 2.75) is 59.1 Å². The van der Waals surface area contributed by atoms with Crippen molar-refractivity contribution < 1.29 is 14.6 Å². The van der Waals surface area contributed by atoms with Gasteiger partial charge in [0.15, 0.2) is 0 Å². The van der Waals surface area contributed by atoms with Gasteiger partial charge >= 0.3 is 5.97 Å². The lowest BCUT2D eigenvalue weighted by Gasteiger charge is -2.27. The Hall–Kier alpha value is -0.610. The molecular weight excluding hydrogens is 218 g/mol. The van der Waals surface area contributed by atoms with Crippen LogP contribution in [0.15, 0.2) is 0 Å². The zero-order valence-electron chi connectivity index (χ0n) is 11.7. The average Bonchev–Trinajstić information content (AvgIpc) is 2.16. The van der Waals surface area contributed by atoms with Crippen molar-refractivity contribution in [3.8, 4) is 0 Å². The second kappa shape index (κ2) is 7.67. The lowest BCUT2D eigenvalue weighted by atomic mass is 9.94. The predicted octanol–water partition coefficient (Wildman–Crippen LogP) is 1.71. The maximum Gasteiger partial charge on any atom is 0.323 e. The van der Waals surface area contributed by atoms with Crippen LogP contribution in [0.2, 0.25) is 0 Å². The van der Waals surface area contributed by atoms with E-state index in [9.17, 15) is 9.90 Å². The van der Waals surface area contributed by atoms with E-state index in [1.54, 1.807) is 13.8 Å². The third kappa shape index (κ3) is 7.34. The smallest absolute Gasteiger partial charge is 0.323 e. The Morgan fingerprint density at radius 1 is 1.41 bits per heavy atom. The third-order valence-electron chi connectivity index (χ3n) is 2.56. The first-order chi connectivity index (χ1) is 7.82. The highest BCUT2D eigenvalue weighted by atomic mass is 16.5. The molecule has 0 aromatic rings. The molecule has 0 rings (SSSR count). The summed E-state index contributed by atoms with van der Waals surface area (Å²) >= 11 is 0. The van der Waals surface area contributed by atoms with E-state index in [4.69, 9.17) is 4.74 Å². The van der Waals surface area contributed by atoms with E-state index in [2.05, 4.69) is 19.2 Å². The predicted molar refractivity (Wildman–Crippen MR) is 68.8 cm³/mol. The zero-order valence-corrected chi connectivity index (χ0v) is 11.7. The summed E-state index contributed by atoms with van der Waals surface area (Å²) in [6, 6.07) is -0.325. The second-order valence-electron chi connectivity index (χ2n) is 5.19. The summed E-state index contributed by atoms with van der Waals surface area (Å²) in [7, 11) is 0. The van der Waals surface area contributed by atoms with Gasteiger partial charge in [0.1, 0.15) is 6.04 Å². The molecule has 0 heterocycles. The molecule has 0 aromatic carbocycles. The van der Waals surface area contributed by atoms with E-state index in [1.807, 2.05) is 6.92 Å². The Kier molecular flexibility index (Phi) is 7.39. The van der Waals surface area contributed by atoms with Crippen molar-refractivity contribution in [3.05, 3.63) is 0 Å². The minimum atomic E-state index is -0.784. The van der Waals surface area contributed by atoms with Gasteiger partial charge in [-0.25, -0.2) is 0 Å². The van der Waals surface area contributed by atoms with Gasteiger partial charge in [-0.15, -0.1) is 0 Å². The Balaban J connectivity index is 4.17. The van der Waals surface area contributed by atoms with Crippen molar-refractivity contribution in [1.29, 1.82) is 0 Å². The van der Waals surface area contributed by atoms with Gasteiger partial charge in [-0.05, 0) is 32.6 Å². The van der Waals surface area contributed by atoms with E-state index < -0.39 is 5.60 Å². The van der Waals surface area contributed by atoms with Crippen LogP contribution < -0.4 is 5.32 Å². The van der Waals surface area contributed by atoms with Crippen LogP contribution in [0.25, 0.3) is 0 Å². The molecule has 0 aromatic heterocycles. The molecule has 4 nitrogen and oxygen atoms in total. The standard InChI is InChI=1S/C13H27NO3/c1-6-11(12(15)17-7-2)14-9-13(5,16)8-10(3)4/h10-11,14,16H,6-9H2,1-5H3. The van der Waals surface area contributed by atoms with Crippen molar-refractivity contribution >= 4 is 5.97 Å². The van der Waals surface area contributed by atoms with Crippen LogP contribution >= 0.6 is 0 Å². The fourth-order valence-corrected chi connectivity index (χ4v) is 1.93. The highest BCUT2D eigenvalue weighted by Crippen LogP contribution is 2.15. The quantitative estimate of drug-likeness (QED) is 0.639. The van der Waals surface area contributed by atoms with Crippen LogP contribution in [0, 0.1) is 5.92 Å². The number of ether oxygens (including phenoxy) is 1. The van der Waals surface area contributed by atoms with Crippen LogP contribution in [-0.4, -0.2) is 35.9 Å². The summed E-state index contributed by atoms with van der Waals surface area (Å²) in [4.78, 5) is 11.5. The van der Waals surface area contributed by atoms with Crippen LogP contribution in [0.1, 0.15) is 47.5 Å². The number of hydrogen-bond donors (Lipinski definition) is 2. The van der Waals surface area contributed by atoms with Gasteiger partial charge < -0.3 is 15.2 Å². The third-order valence-corrected chi connectivity index (χ3v) is 2.56. The van der Waals surface area contributed by atoms with Crippen LogP contribution in [0.3, 0.4) is 0 Å². The molecule has 0 bridgehead atoms. The van der Waals surface area contributed by atoms with E-state index in [0.29, 0.717) is 31.9 Å². The molecule has 4 heteroatoms. The van der Waals surface area contributed by atoms with Crippen LogP contribution in [0.4, 0.5) is 0 Å². The number of aliphatic hydroxyl groups is 1. The molecule has 0 radical (unpaired) electrons. The number of hydrogen-bond acceptors (Lipinski definition) is 4. The van der Waals surface area contributed by atoms with Crippen LogP contribution in [-0.2, 0) is 9.53 Å². The second-order valence-corrected chi connectivity index (χ2v) is 5.19. The lowest BCUT2D eigenvalue weighted by Crippen LogP contribution is -2.46. The Bertz CT molecular complexity index is 227. The van der Waals surface area contributed by atoms with Crippen molar-refractivity contribution in [1.82, 2.24) is 5.32 Å². The summed E-state index contributed by atoms with van der Waals surface area (Å²) < 4.78 is 4.96. The highest BCUT2D eigenvalue weighted by Gasteiger charge is 2.25. The first-order valence-electron chi connectivity index (χ1n) is 6.44. The number of carbonyl (C=O) groups excluding carboxylic acids is 1. The summed E-state index contributed by atoms with van der Waals surface area (Å²) in [5.74, 6) is 0.185. The summed E-state index contributed by atoms with van der Waals surface area (Å²) in [6.07, 6.45) is 1.37. The Labute approximate surface area is 105 Å². The molecule has 0 saturated heterocycles. The molecule has 0 saturated carbocycles. The summed E-state index contributed by atoms with van der Waals surface area (Å²) in [6.45, 7) is 10.4. The van der Waals surface area contributed by atoms with Crippen molar-refractivity contribution in [2.24, 2.45) is 5.92 Å². The number of carbonyl (C=O) groups is 1. The molecule has 2 unspecified atom stereocenters. The molecule has 2 atom stereocenters. The summed E-state index contributed by atoms with van der Waals surface area (Å²) in [5.41, 5.74) is -0.784. The molecule has 2 N–H and O–H groups in total. The minimum Gasteiger partial charge on any atom is -0.465 e. The Morgan fingerprint density at radius 3 is 2.41 bits per heavy atom. The molecule has 0 aliphatic rings. The van der Waals surface area contributed by atoms with E-state index in [0.717, 1.165) is 0 Å². The number of nitrogens with one attached hydrogen (secondary N) is 1. The van der Waals surface area contributed by atoms with E-state index in [1.165, 1.54) is 0 Å². The lowest BCUT2D eigenvalue weighted by molar-refractivity contribution is -0.146. The van der Waals surface area contributed by atoms with Gasteiger partial charge in [-0.2, -0.15) is 0 Å². The molecule has 0 spiro atoms. The van der Waals surface area contributed by atoms with Gasteiger partial charge in [0, 0.05) is 6.54 Å². The molecular formula is C13H27NO3. The molecule has 0 fully saturated rings. The van der Waals surface area contributed by atoms with E-state index in [-0.39, 0.29) is 12.0 Å². The highest BCUT2D eigenvalue weighted by molar-refractivity contribution is 5.75. The molecule has 0 aliphatic carbocycles. The molecule has 0 amide bonds. The largest absolute Gasteiger partial charge is 0.465 e. The number of esters is 1. The SMILES string of the molecule is CCOC(=O)C(CC)NCC(C)(O)CC(C)C. The van der Waals surface area contributed by atoms with Crippen molar-refractivity contribution in [2.75, 3.05) is 13.2 Å². The topological polar surface area (TPSA) is 58.6 Å². The molecule has 17 heavy (non-hydrogen) atoms. The molecule has 102 valence electrons. The first kappa shape index (κ1) is 16.4. The monoisotopic (exact) mass is 245 g/mol. The number of rotatable bonds is 8. The van der Waals surface area contributed by atoms with Gasteiger partial charge in [0.25, 0.3) is 0 Å². The van der Waals surface area contributed by atoms with Gasteiger partial charge in [0.2, 0.25) is 0 Å². The van der Waals surface area contributed by atoms with Crippen LogP contribution in [0.5, 0.6) is 0 Å². The van der Waals surface area contributed by atoms with Gasteiger partial charge in [-0.1, -0.05) is 20.8 Å². The Morgan fingerprint density at radius 2 is 2.00 bits per heavy atom. The summed E-state index contributed by atoms with van der Waals surface area (Å²) in [5, 5.41) is 13.2. The fourth-order valence-electron chi connectivity index (χ4n) is 1.93. The van der Waals surface area contributed by atoms with Gasteiger partial charge in [-0.3, -0.25) is 4.79 Å².